The van der Waals surface area contributed by atoms with Crippen LogP contribution < -0.4 is 15.8 Å². The van der Waals surface area contributed by atoms with Crippen LogP contribution in [0.2, 0.25) is 0 Å². The minimum Gasteiger partial charge on any atom is -0.447 e. The standard InChI is InChI=1S/C19H23N3O2S/c1-12-18(13-8-10-22(12)11-9-13)21-19(23)16-6-7-17(25-16)24-15-4-2-14(20)3-5-15/h2-7,12-13,18H,8-11,20H2,1H3,(H,21,23)/t12-,18-/m0/s1. The number of thiophene rings is 1. The summed E-state index contributed by atoms with van der Waals surface area (Å²) in [6, 6.07) is 11.6. The van der Waals surface area contributed by atoms with Gasteiger partial charge in [0.25, 0.3) is 5.91 Å². The van der Waals surface area contributed by atoms with Crippen molar-refractivity contribution in [1.82, 2.24) is 10.2 Å². The van der Waals surface area contributed by atoms with Gasteiger partial charge in [-0.1, -0.05) is 11.3 Å². The Balaban J connectivity index is 1.41. The van der Waals surface area contributed by atoms with E-state index in [9.17, 15) is 4.79 Å². The number of carbonyl (C=O) groups excluding carboxylic acids is 1. The number of rotatable bonds is 4. The number of carbonyl (C=O) groups is 1. The number of nitrogens with zero attached hydrogens (tertiary/aromatic N) is 1. The Morgan fingerprint density at radius 2 is 1.92 bits per heavy atom. The third-order valence-corrected chi connectivity index (χ3v) is 6.34. The molecule has 0 aliphatic carbocycles. The number of nitrogen functional groups attached to an aromatic ring is 1. The van der Waals surface area contributed by atoms with Gasteiger partial charge in [-0.25, -0.2) is 0 Å². The van der Waals surface area contributed by atoms with Crippen molar-refractivity contribution in [3.05, 3.63) is 41.3 Å². The van der Waals surface area contributed by atoms with E-state index in [-0.39, 0.29) is 11.9 Å². The van der Waals surface area contributed by atoms with E-state index in [1.807, 2.05) is 24.3 Å². The van der Waals surface area contributed by atoms with Crippen LogP contribution >= 0.6 is 11.3 Å². The molecule has 3 saturated heterocycles. The lowest BCUT2D eigenvalue weighted by molar-refractivity contribution is 0.0218. The third kappa shape index (κ3) is 3.37. The predicted molar refractivity (Wildman–Crippen MR) is 100 cm³/mol. The van der Waals surface area contributed by atoms with Crippen LogP contribution in [0.5, 0.6) is 10.8 Å². The Labute approximate surface area is 151 Å². The van der Waals surface area contributed by atoms with Crippen LogP contribution in [0.25, 0.3) is 0 Å². The average molecular weight is 357 g/mol. The molecule has 1 aromatic heterocycles. The Morgan fingerprint density at radius 1 is 1.20 bits per heavy atom. The quantitative estimate of drug-likeness (QED) is 0.824. The molecule has 3 aliphatic heterocycles. The Bertz CT molecular complexity index is 748. The number of fused-ring (bicyclic) bond motifs is 3. The molecule has 6 heteroatoms. The lowest BCUT2D eigenvalue weighted by Crippen LogP contribution is -2.62. The van der Waals surface area contributed by atoms with Crippen molar-refractivity contribution in [2.45, 2.75) is 31.8 Å². The summed E-state index contributed by atoms with van der Waals surface area (Å²) >= 11 is 1.37. The van der Waals surface area contributed by atoms with E-state index >= 15 is 0 Å². The Kier molecular flexibility index (Phi) is 4.39. The first-order valence-corrected chi connectivity index (χ1v) is 9.60. The summed E-state index contributed by atoms with van der Waals surface area (Å²) < 4.78 is 5.80. The molecule has 0 radical (unpaired) electrons. The molecule has 0 spiro atoms. The summed E-state index contributed by atoms with van der Waals surface area (Å²) in [5, 5.41) is 3.96. The van der Waals surface area contributed by atoms with E-state index < -0.39 is 0 Å². The van der Waals surface area contributed by atoms with E-state index in [2.05, 4.69) is 17.1 Å². The molecule has 3 aliphatic rings. The summed E-state index contributed by atoms with van der Waals surface area (Å²) in [5.41, 5.74) is 6.38. The fraction of sp³-hybridized carbons (Fsp3) is 0.421. The van der Waals surface area contributed by atoms with Gasteiger partial charge in [-0.2, -0.15) is 0 Å². The molecule has 5 rings (SSSR count). The van der Waals surface area contributed by atoms with E-state index in [0.29, 0.717) is 33.3 Å². The van der Waals surface area contributed by atoms with Gasteiger partial charge in [0.15, 0.2) is 5.06 Å². The number of benzene rings is 1. The van der Waals surface area contributed by atoms with Crippen molar-refractivity contribution >= 4 is 22.9 Å². The lowest BCUT2D eigenvalue weighted by atomic mass is 9.79. The number of nitrogens with one attached hydrogen (secondary N) is 1. The normalized spacial score (nSPS) is 27.9. The molecular formula is C19H23N3O2S. The van der Waals surface area contributed by atoms with Gasteiger partial charge >= 0.3 is 0 Å². The van der Waals surface area contributed by atoms with Crippen LogP contribution in [0.1, 0.15) is 29.4 Å². The summed E-state index contributed by atoms with van der Waals surface area (Å²) in [6.45, 7) is 4.55. The molecule has 3 N–H and O–H groups in total. The molecule has 25 heavy (non-hydrogen) atoms. The molecule has 2 aromatic rings. The van der Waals surface area contributed by atoms with Gasteiger partial charge in [0.2, 0.25) is 0 Å². The van der Waals surface area contributed by atoms with Crippen molar-refractivity contribution in [3.8, 4) is 10.8 Å². The maximum atomic E-state index is 12.7. The SMILES string of the molecule is C[C@H]1[C@H](NC(=O)c2ccc(Oc3ccc(N)cc3)s2)C2CCN1CC2. The molecule has 0 unspecified atom stereocenters. The maximum Gasteiger partial charge on any atom is 0.261 e. The highest BCUT2D eigenvalue weighted by Crippen LogP contribution is 2.33. The fourth-order valence-corrected chi connectivity index (χ4v) is 4.70. The largest absolute Gasteiger partial charge is 0.447 e. The number of ether oxygens (including phenoxy) is 1. The average Bonchev–Trinajstić information content (AvgIpc) is 3.09. The second-order valence-electron chi connectivity index (χ2n) is 6.90. The molecule has 0 saturated carbocycles. The molecule has 1 amide bonds. The van der Waals surface area contributed by atoms with Gasteiger partial charge in [0.05, 0.1) is 4.88 Å². The fourth-order valence-electron chi connectivity index (χ4n) is 3.92. The predicted octanol–water partition coefficient (Wildman–Crippen LogP) is 3.34. The molecule has 1 aromatic carbocycles. The zero-order chi connectivity index (χ0) is 17.4. The molecule has 2 bridgehead atoms. The van der Waals surface area contributed by atoms with Crippen molar-refractivity contribution in [3.63, 3.8) is 0 Å². The van der Waals surface area contributed by atoms with E-state index in [1.165, 1.54) is 24.2 Å². The summed E-state index contributed by atoms with van der Waals surface area (Å²) in [7, 11) is 0. The van der Waals surface area contributed by atoms with Gasteiger partial charge in [-0.15, -0.1) is 0 Å². The second kappa shape index (κ2) is 6.69. The van der Waals surface area contributed by atoms with Gasteiger partial charge in [0, 0.05) is 17.8 Å². The van der Waals surface area contributed by atoms with Crippen molar-refractivity contribution in [2.24, 2.45) is 5.92 Å². The Morgan fingerprint density at radius 3 is 2.60 bits per heavy atom. The first kappa shape index (κ1) is 16.4. The molecule has 5 nitrogen and oxygen atoms in total. The van der Waals surface area contributed by atoms with Crippen LogP contribution in [0.3, 0.4) is 0 Å². The lowest BCUT2D eigenvalue weighted by Gasteiger charge is -2.49. The second-order valence-corrected chi connectivity index (χ2v) is 7.95. The summed E-state index contributed by atoms with van der Waals surface area (Å²) in [5.74, 6) is 1.33. The zero-order valence-electron chi connectivity index (χ0n) is 14.3. The van der Waals surface area contributed by atoms with Gasteiger partial charge in [-0.05, 0) is 75.2 Å². The van der Waals surface area contributed by atoms with Gasteiger partial charge in [0.1, 0.15) is 5.75 Å². The number of anilines is 1. The monoisotopic (exact) mass is 357 g/mol. The smallest absolute Gasteiger partial charge is 0.261 e. The van der Waals surface area contributed by atoms with Crippen LogP contribution in [0.4, 0.5) is 5.69 Å². The third-order valence-electron chi connectivity index (χ3n) is 5.38. The molecule has 132 valence electrons. The minimum atomic E-state index is 0.00255. The number of piperidine rings is 3. The van der Waals surface area contributed by atoms with Crippen molar-refractivity contribution < 1.29 is 9.53 Å². The highest BCUT2D eigenvalue weighted by atomic mass is 32.1. The Hall–Kier alpha value is -2.05. The van der Waals surface area contributed by atoms with Crippen LogP contribution in [-0.4, -0.2) is 36.0 Å². The minimum absolute atomic E-state index is 0.00255. The number of amides is 1. The molecular weight excluding hydrogens is 334 g/mol. The maximum absolute atomic E-state index is 12.7. The zero-order valence-corrected chi connectivity index (χ0v) is 15.1. The van der Waals surface area contributed by atoms with Crippen LogP contribution in [0.15, 0.2) is 36.4 Å². The van der Waals surface area contributed by atoms with E-state index in [4.69, 9.17) is 10.5 Å². The molecule has 4 heterocycles. The van der Waals surface area contributed by atoms with Crippen LogP contribution in [-0.2, 0) is 0 Å². The highest BCUT2D eigenvalue weighted by molar-refractivity contribution is 7.15. The van der Waals surface area contributed by atoms with Gasteiger partial charge in [-0.3, -0.25) is 9.69 Å². The highest BCUT2D eigenvalue weighted by Gasteiger charge is 2.40. The number of hydrogen-bond acceptors (Lipinski definition) is 5. The van der Waals surface area contributed by atoms with E-state index in [1.54, 1.807) is 12.1 Å². The molecule has 3 fully saturated rings. The molecule has 2 atom stereocenters. The number of nitrogens with two attached hydrogens (primary N) is 1. The van der Waals surface area contributed by atoms with Crippen LogP contribution in [0, 0.1) is 5.92 Å². The first-order chi connectivity index (χ1) is 12.1. The topological polar surface area (TPSA) is 67.6 Å². The van der Waals surface area contributed by atoms with Crippen molar-refractivity contribution in [1.29, 1.82) is 0 Å². The van der Waals surface area contributed by atoms with Gasteiger partial charge < -0.3 is 15.8 Å². The first-order valence-electron chi connectivity index (χ1n) is 8.78. The van der Waals surface area contributed by atoms with E-state index in [0.717, 1.165) is 13.1 Å². The summed E-state index contributed by atoms with van der Waals surface area (Å²) in [4.78, 5) is 15.8. The van der Waals surface area contributed by atoms with Crippen molar-refractivity contribution in [2.75, 3.05) is 18.8 Å². The number of hydrogen-bond donors (Lipinski definition) is 2. The summed E-state index contributed by atoms with van der Waals surface area (Å²) in [6.07, 6.45) is 2.37.